The fraction of sp³-hybridized carbons (Fsp3) is 0.308. The molecule has 0 aliphatic heterocycles. The Hall–Kier alpha value is -2.17. The monoisotopic (exact) mass is 245 g/mol. The molecule has 2 heterocycles. The summed E-state index contributed by atoms with van der Waals surface area (Å²) in [6, 6.07) is 3.67. The minimum atomic E-state index is -0.104. The van der Waals surface area contributed by atoms with Crippen molar-refractivity contribution in [2.24, 2.45) is 0 Å². The zero-order valence-electron chi connectivity index (χ0n) is 10.4. The van der Waals surface area contributed by atoms with Gasteiger partial charge in [0, 0.05) is 18.3 Å². The van der Waals surface area contributed by atoms with E-state index in [-0.39, 0.29) is 18.2 Å². The third kappa shape index (κ3) is 2.94. The van der Waals surface area contributed by atoms with Gasteiger partial charge in [0.2, 0.25) is 5.91 Å². The van der Waals surface area contributed by atoms with Crippen molar-refractivity contribution >= 4 is 11.6 Å². The van der Waals surface area contributed by atoms with Crippen molar-refractivity contribution in [3.05, 3.63) is 42.0 Å². The predicted molar refractivity (Wildman–Crippen MR) is 67.2 cm³/mol. The van der Waals surface area contributed by atoms with E-state index in [9.17, 15) is 4.79 Å². The Morgan fingerprint density at radius 1 is 1.44 bits per heavy atom. The van der Waals surface area contributed by atoms with Crippen LogP contribution in [0.1, 0.15) is 31.1 Å². The summed E-state index contributed by atoms with van der Waals surface area (Å²) in [4.78, 5) is 15.8. The third-order valence-electron chi connectivity index (χ3n) is 2.48. The highest BCUT2D eigenvalue weighted by molar-refractivity contribution is 5.92. The first-order valence-electron chi connectivity index (χ1n) is 5.80. The Morgan fingerprint density at radius 3 is 2.94 bits per heavy atom. The summed E-state index contributed by atoms with van der Waals surface area (Å²) in [5.41, 5.74) is 1.51. The molecule has 1 amide bonds. The number of nitrogens with one attached hydrogen (secondary N) is 1. The quantitative estimate of drug-likeness (QED) is 0.897. The van der Waals surface area contributed by atoms with Crippen molar-refractivity contribution in [2.45, 2.75) is 26.2 Å². The van der Waals surface area contributed by atoms with Crippen LogP contribution in [0.3, 0.4) is 0 Å². The highest BCUT2D eigenvalue weighted by Gasteiger charge is 2.14. The molecule has 0 saturated carbocycles. The van der Waals surface area contributed by atoms with Crippen LogP contribution in [0.5, 0.6) is 0 Å². The van der Waals surface area contributed by atoms with Crippen molar-refractivity contribution < 1.29 is 9.32 Å². The Labute approximate surface area is 105 Å². The van der Waals surface area contributed by atoms with Crippen LogP contribution in [-0.2, 0) is 11.2 Å². The Kier molecular flexibility index (Phi) is 3.72. The minimum Gasteiger partial charge on any atom is -0.359 e. The second-order valence-corrected chi connectivity index (χ2v) is 4.34. The molecule has 0 atom stereocenters. The van der Waals surface area contributed by atoms with Crippen molar-refractivity contribution in [3.63, 3.8) is 0 Å². The van der Waals surface area contributed by atoms with E-state index < -0.39 is 0 Å². The van der Waals surface area contributed by atoms with Crippen LogP contribution in [0.25, 0.3) is 0 Å². The van der Waals surface area contributed by atoms with Gasteiger partial charge in [-0.25, -0.2) is 0 Å². The molecule has 0 unspecified atom stereocenters. The lowest BCUT2D eigenvalue weighted by Crippen LogP contribution is -2.15. The number of hydrogen-bond donors (Lipinski definition) is 1. The summed E-state index contributed by atoms with van der Waals surface area (Å²) in [6.45, 7) is 3.97. The van der Waals surface area contributed by atoms with Gasteiger partial charge < -0.3 is 9.84 Å². The van der Waals surface area contributed by atoms with E-state index in [1.807, 2.05) is 26.0 Å². The molecule has 2 aromatic heterocycles. The van der Waals surface area contributed by atoms with Crippen LogP contribution in [-0.4, -0.2) is 16.0 Å². The fourth-order valence-corrected chi connectivity index (χ4v) is 1.64. The molecule has 0 radical (unpaired) electrons. The van der Waals surface area contributed by atoms with Gasteiger partial charge in [0.15, 0.2) is 5.76 Å². The summed E-state index contributed by atoms with van der Waals surface area (Å²) in [5, 5.41) is 6.50. The van der Waals surface area contributed by atoms with Gasteiger partial charge in [-0.2, -0.15) is 0 Å². The molecule has 0 spiro atoms. The van der Waals surface area contributed by atoms with E-state index in [4.69, 9.17) is 4.52 Å². The topological polar surface area (TPSA) is 68.0 Å². The Balaban J connectivity index is 2.01. The number of nitrogens with zero attached hydrogens (tertiary/aromatic N) is 2. The number of rotatable bonds is 4. The van der Waals surface area contributed by atoms with E-state index >= 15 is 0 Å². The molecule has 18 heavy (non-hydrogen) atoms. The van der Waals surface area contributed by atoms with E-state index in [1.54, 1.807) is 12.4 Å². The number of amides is 1. The normalized spacial score (nSPS) is 10.6. The van der Waals surface area contributed by atoms with Gasteiger partial charge in [0.25, 0.3) is 0 Å². The van der Waals surface area contributed by atoms with E-state index in [0.717, 1.165) is 5.56 Å². The standard InChI is InChI=1S/C13H15N3O2/c1-9(2)13-11(8-15-18-13)16-12(17)6-10-4-3-5-14-7-10/h3-5,7-9H,6H2,1-2H3,(H,16,17). The molecule has 0 aliphatic carbocycles. The van der Waals surface area contributed by atoms with E-state index in [1.165, 1.54) is 6.20 Å². The zero-order chi connectivity index (χ0) is 13.0. The van der Waals surface area contributed by atoms with Gasteiger partial charge in [-0.1, -0.05) is 25.1 Å². The van der Waals surface area contributed by atoms with Gasteiger partial charge >= 0.3 is 0 Å². The maximum atomic E-state index is 11.8. The van der Waals surface area contributed by atoms with E-state index in [2.05, 4.69) is 15.5 Å². The average molecular weight is 245 g/mol. The summed E-state index contributed by atoms with van der Waals surface area (Å²) < 4.78 is 5.10. The molecule has 0 saturated heterocycles. The summed E-state index contributed by atoms with van der Waals surface area (Å²) >= 11 is 0. The van der Waals surface area contributed by atoms with Crippen molar-refractivity contribution in [3.8, 4) is 0 Å². The zero-order valence-corrected chi connectivity index (χ0v) is 10.4. The molecule has 94 valence electrons. The summed E-state index contributed by atoms with van der Waals surface area (Å²) in [7, 11) is 0. The molecular weight excluding hydrogens is 230 g/mol. The number of pyridine rings is 1. The van der Waals surface area contributed by atoms with Crippen molar-refractivity contribution in [1.29, 1.82) is 0 Å². The fourth-order valence-electron chi connectivity index (χ4n) is 1.64. The summed E-state index contributed by atoms with van der Waals surface area (Å²) in [6.07, 6.45) is 5.17. The maximum absolute atomic E-state index is 11.8. The molecular formula is C13H15N3O2. The first kappa shape index (κ1) is 12.3. The van der Waals surface area contributed by atoms with Crippen molar-refractivity contribution in [2.75, 3.05) is 5.32 Å². The number of carbonyl (C=O) groups excluding carboxylic acids is 1. The van der Waals surface area contributed by atoms with Crippen LogP contribution in [0, 0.1) is 0 Å². The van der Waals surface area contributed by atoms with Crippen LogP contribution in [0.15, 0.2) is 35.2 Å². The van der Waals surface area contributed by atoms with Crippen LogP contribution >= 0.6 is 0 Å². The highest BCUT2D eigenvalue weighted by atomic mass is 16.5. The number of hydrogen-bond acceptors (Lipinski definition) is 4. The molecule has 2 rings (SSSR count). The van der Waals surface area contributed by atoms with Crippen LogP contribution in [0.2, 0.25) is 0 Å². The lowest BCUT2D eigenvalue weighted by Gasteiger charge is -2.06. The average Bonchev–Trinajstić information content (AvgIpc) is 2.78. The molecule has 5 heteroatoms. The number of carbonyl (C=O) groups is 1. The smallest absolute Gasteiger partial charge is 0.228 e. The minimum absolute atomic E-state index is 0.104. The lowest BCUT2D eigenvalue weighted by atomic mass is 10.1. The first-order chi connectivity index (χ1) is 8.66. The second-order valence-electron chi connectivity index (χ2n) is 4.34. The molecule has 0 aromatic carbocycles. The maximum Gasteiger partial charge on any atom is 0.228 e. The number of aromatic nitrogens is 2. The van der Waals surface area contributed by atoms with Gasteiger partial charge in [-0.05, 0) is 11.6 Å². The van der Waals surface area contributed by atoms with Crippen LogP contribution in [0.4, 0.5) is 5.69 Å². The lowest BCUT2D eigenvalue weighted by molar-refractivity contribution is -0.115. The highest BCUT2D eigenvalue weighted by Crippen LogP contribution is 2.23. The second kappa shape index (κ2) is 5.44. The Morgan fingerprint density at radius 2 is 2.28 bits per heavy atom. The molecule has 0 fully saturated rings. The molecule has 2 aromatic rings. The van der Waals surface area contributed by atoms with E-state index in [0.29, 0.717) is 11.4 Å². The SMILES string of the molecule is CC(C)c1oncc1NC(=O)Cc1cccnc1. The van der Waals surface area contributed by atoms with Gasteiger partial charge in [-0.15, -0.1) is 0 Å². The molecule has 5 nitrogen and oxygen atoms in total. The molecule has 1 N–H and O–H groups in total. The van der Waals surface area contributed by atoms with Crippen molar-refractivity contribution in [1.82, 2.24) is 10.1 Å². The van der Waals surface area contributed by atoms with Gasteiger partial charge in [0.1, 0.15) is 5.69 Å². The van der Waals surface area contributed by atoms with Gasteiger partial charge in [0.05, 0.1) is 12.6 Å². The summed E-state index contributed by atoms with van der Waals surface area (Å²) in [5.74, 6) is 0.767. The largest absolute Gasteiger partial charge is 0.359 e. The first-order valence-corrected chi connectivity index (χ1v) is 5.80. The Bertz CT molecular complexity index is 520. The predicted octanol–water partition coefficient (Wildman–Crippen LogP) is 2.37. The third-order valence-corrected chi connectivity index (χ3v) is 2.48. The number of anilines is 1. The van der Waals surface area contributed by atoms with Crippen LogP contribution < -0.4 is 5.32 Å². The molecule has 0 bridgehead atoms. The van der Waals surface area contributed by atoms with Gasteiger partial charge in [-0.3, -0.25) is 9.78 Å². The molecule has 0 aliphatic rings.